The average molecular weight is 377 g/mol. The van der Waals surface area contributed by atoms with Crippen LogP contribution >= 0.6 is 58.3 Å². The van der Waals surface area contributed by atoms with Gasteiger partial charge >= 0.3 is 0 Å². The van der Waals surface area contributed by atoms with E-state index in [0.29, 0.717) is 5.56 Å². The summed E-state index contributed by atoms with van der Waals surface area (Å²) >= 11 is 22.0. The van der Waals surface area contributed by atoms with Crippen molar-refractivity contribution in [3.05, 3.63) is 46.7 Å². The van der Waals surface area contributed by atoms with Gasteiger partial charge in [0.25, 0.3) is 0 Å². The fraction of sp³-hybridized carbons (Fsp3) is 0.0909. The molecule has 0 fully saturated rings. The predicted octanol–water partition coefficient (Wildman–Crippen LogP) is 5.20. The molecule has 0 bridgehead atoms. The number of allylic oxidation sites excluding steroid dienone is 2. The molecule has 0 radical (unpaired) electrons. The number of thiol groups is 2. The third-order valence-electron chi connectivity index (χ3n) is 2.19. The Labute approximate surface area is 137 Å². The van der Waals surface area contributed by atoms with Crippen LogP contribution in [-0.2, 0) is 23.3 Å². The molecule has 2 rings (SSSR count). The second kappa shape index (κ2) is 6.36. The van der Waals surface area contributed by atoms with Crippen molar-refractivity contribution in [3.63, 3.8) is 0 Å². The number of hydrogen-bond acceptors (Lipinski definition) is 1. The van der Waals surface area contributed by atoms with Crippen molar-refractivity contribution >= 4 is 58.3 Å². The Bertz CT molecular complexity index is 454. The summed E-state index contributed by atoms with van der Waals surface area (Å²) in [5.74, 6) is 0. The third-order valence-corrected chi connectivity index (χ3v) is 5.32. The van der Waals surface area contributed by atoms with Crippen molar-refractivity contribution in [2.75, 3.05) is 0 Å². The van der Waals surface area contributed by atoms with E-state index >= 15 is 0 Å². The molecule has 0 amide bonds. The van der Waals surface area contributed by atoms with Crippen molar-refractivity contribution in [1.82, 2.24) is 0 Å². The maximum absolute atomic E-state index is 5.87. The third kappa shape index (κ3) is 3.93. The molecule has 1 heterocycles. The van der Waals surface area contributed by atoms with Crippen molar-refractivity contribution in [2.45, 2.75) is 13.6 Å². The van der Waals surface area contributed by atoms with Gasteiger partial charge in [0.05, 0.1) is 0 Å². The molecule has 0 atom stereocenters. The molecule has 0 unspecified atom stereocenters. The van der Waals surface area contributed by atoms with Gasteiger partial charge in [-0.05, 0) is 22.9 Å². The minimum atomic E-state index is -1.38. The second-order valence-electron chi connectivity index (χ2n) is 3.29. The number of alkyl halides is 3. The van der Waals surface area contributed by atoms with E-state index in [4.69, 9.17) is 34.8 Å². The first-order valence-corrected chi connectivity index (χ1v) is 7.58. The maximum Gasteiger partial charge on any atom is 0.216 e. The Kier molecular flexibility index (Phi) is 5.97. The van der Waals surface area contributed by atoms with Crippen LogP contribution in [0.5, 0.6) is 0 Å². The normalized spacial score (nSPS) is 16.1. The van der Waals surface area contributed by atoms with Crippen LogP contribution in [-0.4, -0.2) is 0 Å². The Morgan fingerprint density at radius 2 is 1.65 bits per heavy atom. The van der Waals surface area contributed by atoms with E-state index < -0.39 is 14.7 Å². The van der Waals surface area contributed by atoms with E-state index in [-0.39, 0.29) is 19.5 Å². The van der Waals surface area contributed by atoms with Crippen LogP contribution < -0.4 is 0 Å². The molecule has 0 N–H and O–H groups in total. The van der Waals surface area contributed by atoms with Crippen molar-refractivity contribution in [3.8, 4) is 0 Å². The summed E-state index contributed by atoms with van der Waals surface area (Å²) in [5, 5.41) is 4.29. The molecule has 17 heavy (non-hydrogen) atoms. The van der Waals surface area contributed by atoms with Gasteiger partial charge in [-0.15, -0.1) is 12.6 Å². The van der Waals surface area contributed by atoms with Gasteiger partial charge in [-0.25, -0.2) is 0 Å². The van der Waals surface area contributed by atoms with E-state index in [1.807, 2.05) is 24.3 Å². The van der Waals surface area contributed by atoms with Crippen molar-refractivity contribution in [2.24, 2.45) is 0 Å². The molecule has 1 aromatic rings. The first kappa shape index (κ1) is 15.9. The summed E-state index contributed by atoms with van der Waals surface area (Å²) in [6.45, 7) is 0. The van der Waals surface area contributed by atoms with Gasteiger partial charge in [0.2, 0.25) is 3.79 Å². The number of rotatable bonds is 1. The molecule has 1 aliphatic heterocycles. The zero-order chi connectivity index (χ0) is 11.8. The molecule has 0 nitrogen and oxygen atoms in total. The van der Waals surface area contributed by atoms with Crippen molar-refractivity contribution < 1.29 is 19.5 Å². The molecular weight excluding hydrogens is 368 g/mol. The van der Waals surface area contributed by atoms with E-state index in [0.717, 1.165) is 9.79 Å². The van der Waals surface area contributed by atoms with Crippen LogP contribution in [0.15, 0.2) is 51.0 Å². The molecule has 1 aromatic carbocycles. The van der Waals surface area contributed by atoms with Gasteiger partial charge < -0.3 is 0 Å². The van der Waals surface area contributed by atoms with Gasteiger partial charge in [0.1, 0.15) is 0 Å². The largest absolute Gasteiger partial charge is 0.216 e. The Morgan fingerprint density at radius 1 is 1.06 bits per heavy atom. The van der Waals surface area contributed by atoms with Gasteiger partial charge in [0.15, 0.2) is 0 Å². The number of hydrogen-bond donors (Lipinski definition) is 2. The Morgan fingerprint density at radius 3 is 2.18 bits per heavy atom. The second-order valence-corrected chi connectivity index (χ2v) is 7.95. The van der Waals surface area contributed by atoms with E-state index in [2.05, 4.69) is 23.4 Å². The summed E-state index contributed by atoms with van der Waals surface area (Å²) in [6.07, 6.45) is 4.06. The van der Waals surface area contributed by atoms with Gasteiger partial charge in [-0.1, -0.05) is 53.0 Å². The smallest absolute Gasteiger partial charge is 0.185 e. The van der Waals surface area contributed by atoms with Crippen LogP contribution in [0.1, 0.15) is 5.56 Å². The monoisotopic (exact) mass is 374 g/mol. The quantitative estimate of drug-likeness (QED) is 0.375. The zero-order valence-corrected chi connectivity index (χ0v) is 15.8. The minimum absolute atomic E-state index is 0. The molecule has 1 aliphatic rings. The molecule has 0 aliphatic carbocycles. The average Bonchev–Trinajstić information content (AvgIpc) is 2.69. The topological polar surface area (TPSA) is 0 Å². The van der Waals surface area contributed by atoms with Gasteiger partial charge in [-0.3, -0.25) is 0 Å². The SMILES string of the molecule is Sc1ccc(C(Cl)(Cl)Cl)cc1[SH]1C=CC=C1.[Zn]. The van der Waals surface area contributed by atoms with Crippen LogP contribution in [0, 0.1) is 0 Å². The molecule has 0 aromatic heterocycles. The minimum Gasteiger partial charge on any atom is -0.185 e. The molecule has 6 heteroatoms. The number of halogens is 3. The van der Waals surface area contributed by atoms with Crippen LogP contribution in [0.4, 0.5) is 0 Å². The first-order chi connectivity index (χ1) is 7.48. The van der Waals surface area contributed by atoms with Gasteiger partial charge in [-0.2, -0.15) is 10.9 Å². The molecular formula is C11H9Cl3S2Zn. The maximum atomic E-state index is 5.87. The number of benzene rings is 1. The summed E-state index contributed by atoms with van der Waals surface area (Å²) < 4.78 is -1.38. The Hall–Kier alpha value is 0.893. The van der Waals surface area contributed by atoms with E-state index in [1.165, 1.54) is 0 Å². The van der Waals surface area contributed by atoms with Crippen LogP contribution in [0.3, 0.4) is 0 Å². The van der Waals surface area contributed by atoms with E-state index in [1.54, 1.807) is 6.07 Å². The summed E-state index contributed by atoms with van der Waals surface area (Å²) in [4.78, 5) is 2.05. The molecule has 0 saturated carbocycles. The summed E-state index contributed by atoms with van der Waals surface area (Å²) in [7, 11) is -0.438. The zero-order valence-electron chi connectivity index (χ0n) is 8.78. The summed E-state index contributed by atoms with van der Waals surface area (Å²) in [6, 6.07) is 5.58. The van der Waals surface area contributed by atoms with E-state index in [9.17, 15) is 0 Å². The van der Waals surface area contributed by atoms with Crippen LogP contribution in [0.2, 0.25) is 0 Å². The summed E-state index contributed by atoms with van der Waals surface area (Å²) in [5.41, 5.74) is 0.682. The predicted molar refractivity (Wildman–Crippen MR) is 78.5 cm³/mol. The fourth-order valence-electron chi connectivity index (χ4n) is 1.40. The Balaban J connectivity index is 0.00000144. The first-order valence-electron chi connectivity index (χ1n) is 4.52. The van der Waals surface area contributed by atoms with Crippen LogP contribution in [0.25, 0.3) is 0 Å². The van der Waals surface area contributed by atoms with Gasteiger partial charge in [0, 0.05) is 34.8 Å². The molecule has 0 saturated heterocycles. The fourth-order valence-corrected chi connectivity index (χ4v) is 3.86. The molecule has 88 valence electrons. The standard InChI is InChI=1S/C11H9Cl3S2.Zn/c12-11(13,14)8-3-4-9(15)10(7-8)16-5-1-2-6-16;/h1-7,15-16H;. The molecule has 0 spiro atoms. The van der Waals surface area contributed by atoms with Crippen molar-refractivity contribution in [1.29, 1.82) is 0 Å².